The van der Waals surface area contributed by atoms with Crippen LogP contribution in [0.2, 0.25) is 0 Å². The Hall–Kier alpha value is -0.0800. The van der Waals surface area contributed by atoms with Gasteiger partial charge < -0.3 is 5.32 Å². The second-order valence-corrected chi connectivity index (χ2v) is 4.70. The highest BCUT2D eigenvalue weighted by Crippen LogP contribution is 2.27. The lowest BCUT2D eigenvalue weighted by atomic mass is 9.96. The third kappa shape index (κ3) is 1.38. The average molecular weight is 168 g/mol. The smallest absolute Gasteiger partial charge is 0.0284 e. The highest BCUT2D eigenvalue weighted by atomic mass is 15.2. The molecule has 0 aliphatic carbocycles. The average Bonchev–Trinajstić information content (AvgIpc) is 2.55. The predicted octanol–water partition coefficient (Wildman–Crippen LogP) is 1.22. The van der Waals surface area contributed by atoms with Gasteiger partial charge in [-0.05, 0) is 52.7 Å². The van der Waals surface area contributed by atoms with Crippen LogP contribution in [0.25, 0.3) is 0 Å². The van der Waals surface area contributed by atoms with Gasteiger partial charge in [-0.15, -0.1) is 0 Å². The molecule has 0 aromatic carbocycles. The molecule has 0 aromatic heterocycles. The third-order valence-electron chi connectivity index (χ3n) is 3.41. The van der Waals surface area contributed by atoms with Crippen LogP contribution < -0.4 is 5.32 Å². The molecule has 70 valence electrons. The molecule has 1 atom stereocenters. The molecule has 1 N–H and O–H groups in total. The Morgan fingerprint density at radius 1 is 1.25 bits per heavy atom. The maximum atomic E-state index is 3.58. The van der Waals surface area contributed by atoms with Crippen LogP contribution in [0.3, 0.4) is 0 Å². The zero-order valence-electron chi connectivity index (χ0n) is 8.27. The maximum absolute atomic E-state index is 3.58. The monoisotopic (exact) mass is 168 g/mol. The maximum Gasteiger partial charge on any atom is 0.0284 e. The van der Waals surface area contributed by atoms with Crippen LogP contribution in [-0.4, -0.2) is 36.1 Å². The van der Waals surface area contributed by atoms with Crippen molar-refractivity contribution in [1.82, 2.24) is 10.2 Å². The van der Waals surface area contributed by atoms with Gasteiger partial charge in [-0.3, -0.25) is 4.90 Å². The Morgan fingerprint density at radius 3 is 2.42 bits per heavy atom. The van der Waals surface area contributed by atoms with Crippen molar-refractivity contribution in [2.45, 2.75) is 44.7 Å². The zero-order valence-corrected chi connectivity index (χ0v) is 8.27. The number of nitrogens with zero attached hydrogens (tertiary/aromatic N) is 1. The van der Waals surface area contributed by atoms with E-state index >= 15 is 0 Å². The first-order valence-electron chi connectivity index (χ1n) is 5.19. The number of likely N-dealkylation sites (tertiary alicyclic amines) is 1. The van der Waals surface area contributed by atoms with E-state index < -0.39 is 0 Å². The molecule has 0 bridgehead atoms. The van der Waals surface area contributed by atoms with E-state index in [2.05, 4.69) is 24.1 Å². The summed E-state index contributed by atoms with van der Waals surface area (Å²) in [6.07, 6.45) is 4.16. The molecule has 2 nitrogen and oxygen atoms in total. The molecular formula is C10H20N2. The lowest BCUT2D eigenvalue weighted by Crippen LogP contribution is -2.49. The molecule has 0 amide bonds. The van der Waals surface area contributed by atoms with E-state index in [4.69, 9.17) is 0 Å². The van der Waals surface area contributed by atoms with Gasteiger partial charge in [0.15, 0.2) is 0 Å². The molecule has 2 aliphatic rings. The molecule has 0 saturated carbocycles. The van der Waals surface area contributed by atoms with E-state index in [0.717, 1.165) is 6.04 Å². The first-order chi connectivity index (χ1) is 5.70. The van der Waals surface area contributed by atoms with Gasteiger partial charge in [0.05, 0.1) is 0 Å². The van der Waals surface area contributed by atoms with Gasteiger partial charge >= 0.3 is 0 Å². The largest absolute Gasteiger partial charge is 0.310 e. The van der Waals surface area contributed by atoms with Crippen molar-refractivity contribution in [3.05, 3.63) is 0 Å². The summed E-state index contributed by atoms with van der Waals surface area (Å²) in [7, 11) is 0. The first kappa shape index (κ1) is 8.52. The third-order valence-corrected chi connectivity index (χ3v) is 3.41. The molecule has 2 rings (SSSR count). The summed E-state index contributed by atoms with van der Waals surface area (Å²) in [4.78, 5) is 2.67. The van der Waals surface area contributed by atoms with E-state index in [1.54, 1.807) is 0 Å². The Balaban J connectivity index is 2.02. The molecule has 2 aliphatic heterocycles. The number of hydrogen-bond donors (Lipinski definition) is 1. The van der Waals surface area contributed by atoms with Crippen molar-refractivity contribution < 1.29 is 0 Å². The summed E-state index contributed by atoms with van der Waals surface area (Å²) >= 11 is 0. The normalized spacial score (nSPS) is 36.0. The van der Waals surface area contributed by atoms with Gasteiger partial charge in [0.1, 0.15) is 0 Å². The predicted molar refractivity (Wildman–Crippen MR) is 51.3 cm³/mol. The highest BCUT2D eigenvalue weighted by Gasteiger charge is 2.38. The molecule has 12 heavy (non-hydrogen) atoms. The lowest BCUT2D eigenvalue weighted by Gasteiger charge is -2.34. The van der Waals surface area contributed by atoms with E-state index in [9.17, 15) is 0 Å². The summed E-state index contributed by atoms with van der Waals surface area (Å²) in [6.45, 7) is 8.53. The van der Waals surface area contributed by atoms with Gasteiger partial charge in [0.25, 0.3) is 0 Å². The van der Waals surface area contributed by atoms with Crippen molar-refractivity contribution in [2.75, 3.05) is 19.6 Å². The van der Waals surface area contributed by atoms with Gasteiger partial charge in [0.2, 0.25) is 0 Å². The minimum atomic E-state index is 0.352. The fourth-order valence-electron chi connectivity index (χ4n) is 2.70. The van der Waals surface area contributed by atoms with Crippen LogP contribution in [-0.2, 0) is 0 Å². The summed E-state index contributed by atoms with van der Waals surface area (Å²) in [5, 5.41) is 3.58. The molecular weight excluding hydrogens is 148 g/mol. The summed E-state index contributed by atoms with van der Waals surface area (Å²) in [5.74, 6) is 0. The van der Waals surface area contributed by atoms with Crippen molar-refractivity contribution in [2.24, 2.45) is 0 Å². The topological polar surface area (TPSA) is 15.3 Å². The van der Waals surface area contributed by atoms with Crippen LogP contribution in [0.5, 0.6) is 0 Å². The van der Waals surface area contributed by atoms with Crippen molar-refractivity contribution in [3.8, 4) is 0 Å². The van der Waals surface area contributed by atoms with Gasteiger partial charge in [-0.1, -0.05) is 0 Å². The van der Waals surface area contributed by atoms with Gasteiger partial charge in [0, 0.05) is 11.6 Å². The van der Waals surface area contributed by atoms with Crippen molar-refractivity contribution in [3.63, 3.8) is 0 Å². The zero-order chi connectivity index (χ0) is 8.60. The van der Waals surface area contributed by atoms with Crippen LogP contribution in [0.15, 0.2) is 0 Å². The quantitative estimate of drug-likeness (QED) is 0.633. The summed E-state index contributed by atoms with van der Waals surface area (Å²) in [6, 6.07) is 0.792. The number of nitrogens with one attached hydrogen (secondary N) is 1. The summed E-state index contributed by atoms with van der Waals surface area (Å²) in [5.41, 5.74) is 0.352. The van der Waals surface area contributed by atoms with Crippen LogP contribution in [0, 0.1) is 0 Å². The molecule has 0 aromatic rings. The number of hydrogen-bond acceptors (Lipinski definition) is 2. The molecule has 2 saturated heterocycles. The van der Waals surface area contributed by atoms with Crippen molar-refractivity contribution in [1.29, 1.82) is 0 Å². The van der Waals surface area contributed by atoms with E-state index in [1.165, 1.54) is 38.9 Å². The van der Waals surface area contributed by atoms with E-state index in [-0.39, 0.29) is 0 Å². The van der Waals surface area contributed by atoms with Crippen molar-refractivity contribution >= 4 is 0 Å². The SMILES string of the molecule is CC1(C)NCC[C@H]1N1CCCC1. The minimum Gasteiger partial charge on any atom is -0.310 e. The minimum absolute atomic E-state index is 0.352. The van der Waals surface area contributed by atoms with Crippen LogP contribution in [0.1, 0.15) is 33.1 Å². The number of rotatable bonds is 1. The second-order valence-electron chi connectivity index (χ2n) is 4.70. The van der Waals surface area contributed by atoms with Gasteiger partial charge in [-0.25, -0.2) is 0 Å². The van der Waals surface area contributed by atoms with Gasteiger partial charge in [-0.2, -0.15) is 0 Å². The Kier molecular flexibility index (Phi) is 2.13. The molecule has 2 heterocycles. The molecule has 2 heteroatoms. The Labute approximate surface area is 75.3 Å². The lowest BCUT2D eigenvalue weighted by molar-refractivity contribution is 0.180. The van der Waals surface area contributed by atoms with Crippen LogP contribution >= 0.6 is 0 Å². The first-order valence-corrected chi connectivity index (χ1v) is 5.19. The molecule has 0 unspecified atom stereocenters. The molecule has 2 fully saturated rings. The Morgan fingerprint density at radius 2 is 1.92 bits per heavy atom. The Bertz CT molecular complexity index is 159. The summed E-state index contributed by atoms with van der Waals surface area (Å²) < 4.78 is 0. The fourth-order valence-corrected chi connectivity index (χ4v) is 2.70. The van der Waals surface area contributed by atoms with Crippen LogP contribution in [0.4, 0.5) is 0 Å². The van der Waals surface area contributed by atoms with E-state index in [1.807, 2.05) is 0 Å². The second kappa shape index (κ2) is 3.00. The highest BCUT2D eigenvalue weighted by molar-refractivity contribution is 4.99. The fraction of sp³-hybridized carbons (Fsp3) is 1.00. The molecule has 0 radical (unpaired) electrons. The standard InChI is InChI=1S/C10H20N2/c1-10(2)9(5-6-11-10)12-7-3-4-8-12/h9,11H,3-8H2,1-2H3/t9-/m1/s1. The molecule has 0 spiro atoms. The van der Waals surface area contributed by atoms with E-state index in [0.29, 0.717) is 5.54 Å².